The van der Waals surface area contributed by atoms with Gasteiger partial charge in [0.1, 0.15) is 12.4 Å². The Morgan fingerprint density at radius 2 is 2.43 bits per heavy atom. The maximum atomic E-state index is 9.06. The molecule has 14 heavy (non-hydrogen) atoms. The van der Waals surface area contributed by atoms with Gasteiger partial charge in [0.25, 0.3) is 0 Å². The third kappa shape index (κ3) is 2.66. The molecule has 0 aliphatic carbocycles. The zero-order valence-electron chi connectivity index (χ0n) is 7.30. The lowest BCUT2D eigenvalue weighted by Crippen LogP contribution is -2.25. The van der Waals surface area contributed by atoms with Gasteiger partial charge in [0.2, 0.25) is 0 Å². The van der Waals surface area contributed by atoms with E-state index in [1.165, 1.54) is 0 Å². The van der Waals surface area contributed by atoms with Crippen LogP contribution in [0.5, 0.6) is 0 Å². The van der Waals surface area contributed by atoms with Gasteiger partial charge in [0.05, 0.1) is 10.7 Å². The molecule has 0 amide bonds. The number of imidazole rings is 1. The summed E-state index contributed by atoms with van der Waals surface area (Å²) in [5, 5.41) is 10.6. The third-order valence-electron chi connectivity index (χ3n) is 1.58. The van der Waals surface area contributed by atoms with E-state index in [9.17, 15) is 0 Å². The maximum Gasteiger partial charge on any atom is 0.139 e. The second-order valence-corrected chi connectivity index (χ2v) is 5.61. The molecule has 0 spiro atoms. The van der Waals surface area contributed by atoms with Crippen molar-refractivity contribution in [3.8, 4) is 0 Å². The van der Waals surface area contributed by atoms with Crippen LogP contribution in [0, 0.1) is 0 Å². The Balaban J connectivity index is 3.49. The molecule has 0 bridgehead atoms. The number of rotatable bonds is 3. The van der Waals surface area contributed by atoms with Crippen LogP contribution in [0.2, 0.25) is 0 Å². The maximum absolute atomic E-state index is 9.06. The van der Waals surface area contributed by atoms with Crippen molar-refractivity contribution in [2.45, 2.75) is 6.61 Å². The molecule has 3 nitrogen and oxygen atoms in total. The van der Waals surface area contributed by atoms with Crippen LogP contribution in [0.1, 0.15) is 5.82 Å². The van der Waals surface area contributed by atoms with Crippen LogP contribution in [-0.4, -0.2) is 14.4 Å². The van der Waals surface area contributed by atoms with Crippen molar-refractivity contribution in [1.82, 2.24) is 9.32 Å². The number of hydrogen-bond acceptors (Lipinski definition) is 2. The minimum absolute atomic E-state index is 0.0683. The van der Waals surface area contributed by atoms with Gasteiger partial charge in [-0.15, -0.1) is 0 Å². The molecule has 1 N–H and O–H groups in total. The van der Waals surface area contributed by atoms with Crippen LogP contribution in [0.15, 0.2) is 11.1 Å². The van der Waals surface area contributed by atoms with E-state index in [0.29, 0.717) is 17.5 Å². The first-order valence-corrected chi connectivity index (χ1v) is 8.55. The summed E-state index contributed by atoms with van der Waals surface area (Å²) in [5.41, 5.74) is 0. The molecule has 0 aliphatic heterocycles. The Morgan fingerprint density at radius 3 is 2.86 bits per heavy atom. The highest BCUT2D eigenvalue weighted by Crippen LogP contribution is 2.22. The van der Waals surface area contributed by atoms with E-state index >= 15 is 0 Å². The standard InChI is InChI=1S/C8H9BrIN2OP/c1-5(9)3-7-6(2)11-8(4-13)12(7)14-10/h3,13-14H,1-2,4H2/b7-3+. The summed E-state index contributed by atoms with van der Waals surface area (Å²) in [6.45, 7) is 7.48. The Bertz CT molecular complexity index is 457. The van der Waals surface area contributed by atoms with E-state index < -0.39 is 0 Å². The molecule has 0 saturated carbocycles. The molecule has 76 valence electrons. The fraction of sp³-hybridized carbons (Fsp3) is 0.125. The molecule has 0 saturated heterocycles. The van der Waals surface area contributed by atoms with E-state index in [1.807, 2.05) is 10.4 Å². The lowest BCUT2D eigenvalue weighted by molar-refractivity contribution is 0.271. The van der Waals surface area contributed by atoms with Crippen molar-refractivity contribution in [3.63, 3.8) is 0 Å². The topological polar surface area (TPSA) is 38.1 Å². The minimum atomic E-state index is -0.0683. The van der Waals surface area contributed by atoms with Gasteiger partial charge in [-0.2, -0.15) is 0 Å². The molecule has 0 radical (unpaired) electrons. The second-order valence-electron chi connectivity index (χ2n) is 2.53. The summed E-state index contributed by atoms with van der Waals surface area (Å²) in [5.74, 6) is 0.641. The Labute approximate surface area is 105 Å². The number of nitrogens with zero attached hydrogens (tertiary/aromatic N) is 2. The summed E-state index contributed by atoms with van der Waals surface area (Å²) in [7, 11) is 0. The molecule has 1 aromatic heterocycles. The second kappa shape index (κ2) is 5.39. The van der Waals surface area contributed by atoms with Crippen molar-refractivity contribution in [1.29, 1.82) is 0 Å². The Hall–Kier alpha value is 0.290. The summed E-state index contributed by atoms with van der Waals surface area (Å²) >= 11 is 5.49. The third-order valence-corrected chi connectivity index (χ3v) is 3.92. The van der Waals surface area contributed by atoms with Gasteiger partial charge >= 0.3 is 0 Å². The first kappa shape index (κ1) is 12.4. The zero-order chi connectivity index (χ0) is 10.7. The van der Waals surface area contributed by atoms with Gasteiger partial charge in [-0.3, -0.25) is 4.34 Å². The van der Waals surface area contributed by atoms with Gasteiger partial charge in [0.15, 0.2) is 0 Å². The molecule has 0 fully saturated rings. The van der Waals surface area contributed by atoms with Crippen molar-refractivity contribution >= 4 is 57.0 Å². The highest BCUT2D eigenvalue weighted by Gasteiger charge is 2.04. The van der Waals surface area contributed by atoms with Crippen LogP contribution in [0.4, 0.5) is 0 Å². The monoisotopic (exact) mass is 386 g/mol. The average Bonchev–Trinajstić information content (AvgIpc) is 2.42. The number of hydrogen-bond donors (Lipinski definition) is 1. The number of aliphatic hydroxyl groups is 1. The molecule has 1 aromatic rings. The summed E-state index contributed by atoms with van der Waals surface area (Å²) in [4.78, 5) is 4.16. The lowest BCUT2D eigenvalue weighted by atomic mass is 10.5. The number of halogens is 2. The SMILES string of the molecule is C=C(Br)/C=c1\c(=C)nc(CO)n1PI. The first-order valence-electron chi connectivity index (χ1n) is 3.70. The van der Waals surface area contributed by atoms with Crippen LogP contribution in [0.25, 0.3) is 12.7 Å². The van der Waals surface area contributed by atoms with E-state index in [1.54, 1.807) is 0 Å². The van der Waals surface area contributed by atoms with Crippen molar-refractivity contribution < 1.29 is 5.11 Å². The van der Waals surface area contributed by atoms with E-state index in [4.69, 9.17) is 5.11 Å². The Kier molecular flexibility index (Phi) is 4.76. The van der Waals surface area contributed by atoms with Gasteiger partial charge in [-0.1, -0.05) is 29.1 Å². The largest absolute Gasteiger partial charge is 0.388 e. The molecule has 1 unspecified atom stereocenters. The molecule has 0 aliphatic rings. The van der Waals surface area contributed by atoms with Crippen LogP contribution in [0.3, 0.4) is 0 Å². The van der Waals surface area contributed by atoms with Crippen LogP contribution in [-0.2, 0) is 6.61 Å². The number of aromatic nitrogens is 2. The molecule has 6 heteroatoms. The molecular weight excluding hydrogens is 378 g/mol. The average molecular weight is 387 g/mol. The quantitative estimate of drug-likeness (QED) is 0.627. The predicted molar refractivity (Wildman–Crippen MR) is 73.2 cm³/mol. The summed E-state index contributed by atoms with van der Waals surface area (Å²) < 4.78 is 2.69. The van der Waals surface area contributed by atoms with Gasteiger partial charge in [-0.25, -0.2) is 4.98 Å². The van der Waals surface area contributed by atoms with E-state index in [2.05, 4.69) is 56.1 Å². The minimum Gasteiger partial charge on any atom is -0.388 e. The zero-order valence-corrected chi connectivity index (χ0v) is 12.0. The van der Waals surface area contributed by atoms with E-state index in [0.717, 1.165) is 9.83 Å². The highest BCUT2D eigenvalue weighted by molar-refractivity contribution is 14.2. The summed E-state index contributed by atoms with van der Waals surface area (Å²) in [6, 6.07) is 0. The smallest absolute Gasteiger partial charge is 0.139 e. The van der Waals surface area contributed by atoms with Crippen LogP contribution >= 0.6 is 44.3 Å². The van der Waals surface area contributed by atoms with Gasteiger partial charge < -0.3 is 5.11 Å². The number of allylic oxidation sites excluding steroid dienone is 1. The lowest BCUT2D eigenvalue weighted by Gasteiger charge is -1.99. The van der Waals surface area contributed by atoms with Gasteiger partial charge in [-0.05, 0) is 28.1 Å². The molecular formula is C8H9BrIN2OP. The van der Waals surface area contributed by atoms with E-state index in [-0.39, 0.29) is 6.61 Å². The van der Waals surface area contributed by atoms with Crippen LogP contribution < -0.4 is 10.7 Å². The van der Waals surface area contributed by atoms with Crippen molar-refractivity contribution in [3.05, 3.63) is 27.6 Å². The molecule has 1 atom stereocenters. The van der Waals surface area contributed by atoms with Crippen molar-refractivity contribution in [2.24, 2.45) is 0 Å². The summed E-state index contributed by atoms with van der Waals surface area (Å²) in [6.07, 6.45) is 2.33. The fourth-order valence-corrected chi connectivity index (χ4v) is 3.36. The normalized spacial score (nSPS) is 12.9. The molecule has 1 rings (SSSR count). The first-order chi connectivity index (χ1) is 6.60. The van der Waals surface area contributed by atoms with Crippen molar-refractivity contribution in [2.75, 3.05) is 0 Å². The predicted octanol–water partition coefficient (Wildman–Crippen LogP) is 1.27. The Morgan fingerprint density at radius 1 is 1.79 bits per heavy atom. The van der Waals surface area contributed by atoms with Gasteiger partial charge in [0, 0.05) is 10.9 Å². The molecule has 1 heterocycles. The highest BCUT2D eigenvalue weighted by atomic mass is 127. The number of aliphatic hydroxyl groups excluding tert-OH is 1. The fourth-order valence-electron chi connectivity index (χ4n) is 1.03. The molecule has 0 aromatic carbocycles.